The Morgan fingerprint density at radius 2 is 2.35 bits per heavy atom. The summed E-state index contributed by atoms with van der Waals surface area (Å²) in [6.45, 7) is 3.06. The van der Waals surface area contributed by atoms with Crippen LogP contribution in [-0.4, -0.2) is 68.6 Å². The van der Waals surface area contributed by atoms with Crippen LogP contribution in [0.2, 0.25) is 0 Å². The number of amides is 1. The van der Waals surface area contributed by atoms with Crippen molar-refractivity contribution in [2.75, 3.05) is 46.9 Å². The van der Waals surface area contributed by atoms with E-state index in [9.17, 15) is 4.79 Å². The Labute approximate surface area is 102 Å². The smallest absolute Gasteiger partial charge is 0.242 e. The zero-order valence-corrected chi connectivity index (χ0v) is 10.5. The maximum Gasteiger partial charge on any atom is 0.242 e. The quantitative estimate of drug-likeness (QED) is 0.209. The van der Waals surface area contributed by atoms with Gasteiger partial charge in [-0.15, -0.1) is 0 Å². The van der Waals surface area contributed by atoms with E-state index in [1.54, 1.807) is 19.1 Å². The fourth-order valence-corrected chi connectivity index (χ4v) is 1.57. The number of carbonyl (C=O) groups is 1. The summed E-state index contributed by atoms with van der Waals surface area (Å²) in [5.41, 5.74) is 2.55. The van der Waals surface area contributed by atoms with Gasteiger partial charge in [-0.1, -0.05) is 0 Å². The van der Waals surface area contributed by atoms with Crippen LogP contribution in [-0.2, 0) is 9.53 Å². The van der Waals surface area contributed by atoms with Gasteiger partial charge < -0.3 is 14.5 Å². The lowest BCUT2D eigenvalue weighted by molar-refractivity contribution is -0.132. The first kappa shape index (κ1) is 13.7. The van der Waals surface area contributed by atoms with Gasteiger partial charge >= 0.3 is 0 Å². The van der Waals surface area contributed by atoms with Gasteiger partial charge in [-0.3, -0.25) is 15.2 Å². The summed E-state index contributed by atoms with van der Waals surface area (Å²) in [7, 11) is 3.45. The Bertz CT molecular complexity index is 282. The summed E-state index contributed by atoms with van der Waals surface area (Å²) in [4.78, 5) is 19.4. The molecule has 1 amide bonds. The maximum absolute atomic E-state index is 11.5. The number of piperazine rings is 1. The molecule has 0 unspecified atom stereocenters. The van der Waals surface area contributed by atoms with Gasteiger partial charge in [0.25, 0.3) is 0 Å². The Hall–Kier alpha value is -1.34. The molecule has 7 nitrogen and oxygen atoms in total. The molecular weight excluding hydrogens is 222 g/mol. The highest BCUT2D eigenvalue weighted by molar-refractivity contribution is 5.87. The maximum atomic E-state index is 11.5. The number of likely N-dealkylation sites (N-methyl/N-ethyl adjacent to an activating group) is 1. The van der Waals surface area contributed by atoms with Gasteiger partial charge in [0.1, 0.15) is 0 Å². The van der Waals surface area contributed by atoms with Crippen molar-refractivity contribution in [1.82, 2.24) is 15.2 Å². The Morgan fingerprint density at radius 3 is 2.94 bits per heavy atom. The molecule has 1 fully saturated rings. The van der Waals surface area contributed by atoms with Crippen molar-refractivity contribution in [3.05, 3.63) is 0 Å². The highest BCUT2D eigenvalue weighted by Gasteiger charge is 2.22. The summed E-state index contributed by atoms with van der Waals surface area (Å²) >= 11 is 0. The molecular formula is C10H21N5O2. The van der Waals surface area contributed by atoms with Crippen molar-refractivity contribution >= 4 is 11.9 Å². The van der Waals surface area contributed by atoms with E-state index in [1.807, 2.05) is 4.90 Å². The Balaban J connectivity index is 2.46. The largest absolute Gasteiger partial charge is 0.385 e. The van der Waals surface area contributed by atoms with E-state index in [0.29, 0.717) is 32.2 Å². The molecule has 0 saturated carbocycles. The minimum Gasteiger partial charge on any atom is -0.385 e. The lowest BCUT2D eigenvalue weighted by Gasteiger charge is -2.33. The number of nitrogens with two attached hydrogens (primary N) is 1. The number of rotatable bonds is 4. The summed E-state index contributed by atoms with van der Waals surface area (Å²) in [5.74, 6) is 6.07. The first-order valence-electron chi connectivity index (χ1n) is 5.68. The van der Waals surface area contributed by atoms with E-state index in [4.69, 9.17) is 10.6 Å². The van der Waals surface area contributed by atoms with Gasteiger partial charge in [-0.05, 0) is 6.42 Å². The molecule has 3 N–H and O–H groups in total. The lowest BCUT2D eigenvalue weighted by Crippen LogP contribution is -2.55. The van der Waals surface area contributed by atoms with Crippen LogP contribution in [0.1, 0.15) is 6.42 Å². The number of ether oxygens (including phenoxy) is 1. The van der Waals surface area contributed by atoms with Crippen LogP contribution >= 0.6 is 0 Å². The first-order chi connectivity index (χ1) is 8.19. The number of methoxy groups -OCH3 is 1. The number of hydrogen-bond acceptors (Lipinski definition) is 4. The molecule has 0 spiro atoms. The van der Waals surface area contributed by atoms with Crippen molar-refractivity contribution < 1.29 is 9.53 Å². The van der Waals surface area contributed by atoms with Gasteiger partial charge in [-0.25, -0.2) is 5.84 Å². The standard InChI is InChI=1S/C10H21N5O2/c1-14-5-6-15(8-9(14)16)10(13-11)12-4-3-7-17-2/h3-8,11H2,1-2H3,(H,12,13). The van der Waals surface area contributed by atoms with Crippen molar-refractivity contribution in [3.63, 3.8) is 0 Å². The molecule has 17 heavy (non-hydrogen) atoms. The fraction of sp³-hybridized carbons (Fsp3) is 0.800. The van der Waals surface area contributed by atoms with Crippen LogP contribution < -0.4 is 11.3 Å². The third-order valence-corrected chi connectivity index (χ3v) is 2.65. The van der Waals surface area contributed by atoms with Gasteiger partial charge in [0.2, 0.25) is 11.9 Å². The van der Waals surface area contributed by atoms with E-state index in [1.165, 1.54) is 0 Å². The minimum absolute atomic E-state index is 0.0797. The van der Waals surface area contributed by atoms with Crippen LogP contribution in [0, 0.1) is 0 Å². The minimum atomic E-state index is 0.0797. The number of aliphatic imine (C=N–C) groups is 1. The monoisotopic (exact) mass is 243 g/mol. The Morgan fingerprint density at radius 1 is 1.59 bits per heavy atom. The second-order valence-corrected chi connectivity index (χ2v) is 3.93. The highest BCUT2D eigenvalue weighted by atomic mass is 16.5. The van der Waals surface area contributed by atoms with Crippen molar-refractivity contribution in [1.29, 1.82) is 0 Å². The molecule has 0 atom stereocenters. The molecule has 0 aromatic rings. The average Bonchev–Trinajstić information content (AvgIpc) is 2.33. The van der Waals surface area contributed by atoms with E-state index in [-0.39, 0.29) is 5.91 Å². The molecule has 1 heterocycles. The number of nitrogens with zero attached hydrogens (tertiary/aromatic N) is 3. The topological polar surface area (TPSA) is 83.2 Å². The molecule has 98 valence electrons. The second kappa shape index (κ2) is 7.08. The molecule has 0 aliphatic carbocycles. The number of hydrazine groups is 1. The molecule has 0 radical (unpaired) electrons. The number of hydrogen-bond donors (Lipinski definition) is 2. The molecule has 1 aliphatic heterocycles. The first-order valence-corrected chi connectivity index (χ1v) is 5.68. The third-order valence-electron chi connectivity index (χ3n) is 2.65. The third kappa shape index (κ3) is 4.20. The molecule has 0 bridgehead atoms. The SMILES string of the molecule is COCCCN=C(NN)N1CCN(C)C(=O)C1. The van der Waals surface area contributed by atoms with Crippen LogP contribution in [0.4, 0.5) is 0 Å². The van der Waals surface area contributed by atoms with Crippen molar-refractivity contribution in [2.24, 2.45) is 10.8 Å². The van der Waals surface area contributed by atoms with Crippen LogP contribution in [0.25, 0.3) is 0 Å². The van der Waals surface area contributed by atoms with Crippen LogP contribution in [0.5, 0.6) is 0 Å². The van der Waals surface area contributed by atoms with Gasteiger partial charge in [0.15, 0.2) is 0 Å². The normalized spacial score (nSPS) is 17.6. The molecule has 1 rings (SSSR count). The molecule has 7 heteroatoms. The van der Waals surface area contributed by atoms with E-state index >= 15 is 0 Å². The number of guanidine groups is 1. The van der Waals surface area contributed by atoms with E-state index in [0.717, 1.165) is 13.0 Å². The Kier molecular flexibility index (Phi) is 5.71. The molecule has 1 saturated heterocycles. The summed E-state index contributed by atoms with van der Waals surface area (Å²) in [6, 6.07) is 0. The molecule has 1 aliphatic rings. The summed E-state index contributed by atoms with van der Waals surface area (Å²) < 4.78 is 4.94. The second-order valence-electron chi connectivity index (χ2n) is 3.93. The van der Waals surface area contributed by atoms with E-state index < -0.39 is 0 Å². The predicted molar refractivity (Wildman–Crippen MR) is 65.3 cm³/mol. The van der Waals surface area contributed by atoms with Gasteiger partial charge in [-0.2, -0.15) is 0 Å². The fourth-order valence-electron chi connectivity index (χ4n) is 1.57. The van der Waals surface area contributed by atoms with Crippen LogP contribution in [0.3, 0.4) is 0 Å². The zero-order chi connectivity index (χ0) is 12.7. The van der Waals surface area contributed by atoms with Crippen molar-refractivity contribution in [2.45, 2.75) is 6.42 Å². The highest BCUT2D eigenvalue weighted by Crippen LogP contribution is 2.01. The average molecular weight is 243 g/mol. The number of carbonyl (C=O) groups excluding carboxylic acids is 1. The number of nitrogens with one attached hydrogen (secondary N) is 1. The molecule has 0 aromatic heterocycles. The van der Waals surface area contributed by atoms with Crippen molar-refractivity contribution in [3.8, 4) is 0 Å². The summed E-state index contributed by atoms with van der Waals surface area (Å²) in [6.07, 6.45) is 0.837. The van der Waals surface area contributed by atoms with E-state index in [2.05, 4.69) is 10.4 Å². The van der Waals surface area contributed by atoms with Gasteiger partial charge in [0.05, 0.1) is 6.54 Å². The predicted octanol–water partition coefficient (Wildman–Crippen LogP) is -1.38. The van der Waals surface area contributed by atoms with Gasteiger partial charge in [0, 0.05) is 40.4 Å². The summed E-state index contributed by atoms with van der Waals surface area (Å²) in [5, 5.41) is 0. The zero-order valence-electron chi connectivity index (χ0n) is 10.5. The molecule has 0 aromatic carbocycles. The van der Waals surface area contributed by atoms with Crippen LogP contribution in [0.15, 0.2) is 4.99 Å². The lowest BCUT2D eigenvalue weighted by atomic mass is 10.3.